The number of benzene rings is 2. The fraction of sp³-hybridized carbons (Fsp3) is 0.381. The summed E-state index contributed by atoms with van der Waals surface area (Å²) in [4.78, 5) is 12.8. The SMILES string of the molecule is CCCCC(CC)(CO)NS(=O)(=O)c1ccccc1C(=O)c1ccccc1. The van der Waals surface area contributed by atoms with Crippen LogP contribution in [0.1, 0.15) is 55.5 Å². The first-order valence-corrected chi connectivity index (χ1v) is 10.7. The predicted molar refractivity (Wildman–Crippen MR) is 106 cm³/mol. The second-order valence-corrected chi connectivity index (χ2v) is 8.34. The minimum absolute atomic E-state index is 0.0679. The van der Waals surface area contributed by atoms with E-state index in [0.717, 1.165) is 12.8 Å². The molecule has 0 aliphatic rings. The highest BCUT2D eigenvalue weighted by atomic mass is 32.2. The first kappa shape index (κ1) is 21.3. The predicted octanol–water partition coefficient (Wildman–Crippen LogP) is 3.53. The quantitative estimate of drug-likeness (QED) is 0.609. The molecule has 0 aliphatic carbocycles. The molecule has 0 bridgehead atoms. The van der Waals surface area contributed by atoms with Crippen LogP contribution >= 0.6 is 0 Å². The number of ketones is 1. The molecule has 1 atom stereocenters. The van der Waals surface area contributed by atoms with Crippen LogP contribution in [0.15, 0.2) is 59.5 Å². The molecule has 2 N–H and O–H groups in total. The summed E-state index contributed by atoms with van der Waals surface area (Å²) in [6.07, 6.45) is 2.68. The minimum Gasteiger partial charge on any atom is -0.394 e. The van der Waals surface area contributed by atoms with Crippen molar-refractivity contribution in [2.24, 2.45) is 0 Å². The zero-order valence-corrected chi connectivity index (χ0v) is 16.6. The van der Waals surface area contributed by atoms with E-state index in [4.69, 9.17) is 0 Å². The molecular weight excluding hydrogens is 362 g/mol. The van der Waals surface area contributed by atoms with E-state index in [1.165, 1.54) is 12.1 Å². The third-order valence-electron chi connectivity index (χ3n) is 4.80. The van der Waals surface area contributed by atoms with E-state index >= 15 is 0 Å². The average molecular weight is 390 g/mol. The molecule has 0 saturated carbocycles. The minimum atomic E-state index is -3.99. The van der Waals surface area contributed by atoms with Crippen LogP contribution in [-0.2, 0) is 10.0 Å². The number of nitrogens with one attached hydrogen (secondary N) is 1. The molecule has 0 radical (unpaired) electrons. The lowest BCUT2D eigenvalue weighted by Gasteiger charge is -2.32. The van der Waals surface area contributed by atoms with Crippen molar-refractivity contribution in [3.05, 3.63) is 65.7 Å². The normalized spacial score (nSPS) is 13.9. The molecule has 0 heterocycles. The number of hydrogen-bond acceptors (Lipinski definition) is 4. The van der Waals surface area contributed by atoms with Crippen LogP contribution < -0.4 is 4.72 Å². The molecule has 0 spiro atoms. The molecule has 0 amide bonds. The summed E-state index contributed by atoms with van der Waals surface area (Å²) in [6, 6.07) is 14.8. The van der Waals surface area contributed by atoms with E-state index < -0.39 is 15.6 Å². The van der Waals surface area contributed by atoms with Gasteiger partial charge in [-0.05, 0) is 25.0 Å². The molecule has 2 aromatic rings. The highest BCUT2D eigenvalue weighted by molar-refractivity contribution is 7.89. The Kier molecular flexibility index (Phi) is 7.30. The number of aliphatic hydroxyl groups is 1. The van der Waals surface area contributed by atoms with Gasteiger partial charge in [0.1, 0.15) is 0 Å². The van der Waals surface area contributed by atoms with Crippen molar-refractivity contribution >= 4 is 15.8 Å². The van der Waals surface area contributed by atoms with Gasteiger partial charge in [-0.25, -0.2) is 13.1 Å². The topological polar surface area (TPSA) is 83.5 Å². The summed E-state index contributed by atoms with van der Waals surface area (Å²) in [5, 5.41) is 9.88. The Morgan fingerprint density at radius 3 is 2.26 bits per heavy atom. The number of rotatable bonds is 10. The smallest absolute Gasteiger partial charge is 0.241 e. The van der Waals surface area contributed by atoms with Crippen molar-refractivity contribution in [3.63, 3.8) is 0 Å². The van der Waals surface area contributed by atoms with E-state index in [9.17, 15) is 18.3 Å². The van der Waals surface area contributed by atoms with Crippen molar-refractivity contribution in [1.82, 2.24) is 4.72 Å². The molecule has 2 rings (SSSR count). The molecule has 0 saturated heterocycles. The van der Waals surface area contributed by atoms with Crippen molar-refractivity contribution < 1.29 is 18.3 Å². The van der Waals surface area contributed by atoms with E-state index in [0.29, 0.717) is 18.4 Å². The summed E-state index contributed by atoms with van der Waals surface area (Å²) >= 11 is 0. The summed E-state index contributed by atoms with van der Waals surface area (Å²) in [5.74, 6) is -0.351. The Morgan fingerprint density at radius 2 is 1.67 bits per heavy atom. The Labute approximate surface area is 161 Å². The average Bonchev–Trinajstić information content (AvgIpc) is 2.71. The first-order chi connectivity index (χ1) is 12.9. The van der Waals surface area contributed by atoms with Crippen molar-refractivity contribution in [1.29, 1.82) is 0 Å². The van der Waals surface area contributed by atoms with Gasteiger partial charge in [0.05, 0.1) is 17.0 Å². The first-order valence-electron chi connectivity index (χ1n) is 9.22. The van der Waals surface area contributed by atoms with E-state index in [1.54, 1.807) is 42.5 Å². The molecule has 5 nitrogen and oxygen atoms in total. The van der Waals surface area contributed by atoms with Gasteiger partial charge >= 0.3 is 0 Å². The largest absolute Gasteiger partial charge is 0.394 e. The lowest BCUT2D eigenvalue weighted by atomic mass is 9.92. The van der Waals surface area contributed by atoms with Gasteiger partial charge in [-0.15, -0.1) is 0 Å². The molecule has 0 fully saturated rings. The van der Waals surface area contributed by atoms with Crippen LogP contribution in [-0.4, -0.2) is 31.5 Å². The molecule has 27 heavy (non-hydrogen) atoms. The zero-order valence-electron chi connectivity index (χ0n) is 15.8. The summed E-state index contributed by atoms with van der Waals surface area (Å²) in [7, 11) is -3.99. The van der Waals surface area contributed by atoms with E-state index in [-0.39, 0.29) is 22.8 Å². The molecule has 0 aromatic heterocycles. The van der Waals surface area contributed by atoms with E-state index in [1.807, 2.05) is 13.8 Å². The molecule has 0 aliphatic heterocycles. The summed E-state index contributed by atoms with van der Waals surface area (Å²) < 4.78 is 28.9. The molecule has 2 aromatic carbocycles. The monoisotopic (exact) mass is 389 g/mol. The Balaban J connectivity index is 2.43. The molecular formula is C21H27NO4S. The van der Waals surface area contributed by atoms with Crippen LogP contribution in [0, 0.1) is 0 Å². The maximum atomic E-state index is 13.1. The van der Waals surface area contributed by atoms with Gasteiger partial charge in [-0.1, -0.05) is 69.2 Å². The number of aliphatic hydroxyl groups excluding tert-OH is 1. The maximum absolute atomic E-state index is 13.1. The van der Waals surface area contributed by atoms with Gasteiger partial charge in [-0.2, -0.15) is 0 Å². The van der Waals surface area contributed by atoms with Gasteiger partial charge in [0.2, 0.25) is 10.0 Å². The second kappa shape index (κ2) is 9.26. The third kappa shape index (κ3) is 5.03. The van der Waals surface area contributed by atoms with Crippen molar-refractivity contribution in [2.45, 2.75) is 50.0 Å². The number of sulfonamides is 1. The maximum Gasteiger partial charge on any atom is 0.241 e. The highest BCUT2D eigenvalue weighted by Gasteiger charge is 2.34. The second-order valence-electron chi connectivity index (χ2n) is 6.69. The molecule has 6 heteroatoms. The number of hydrogen-bond donors (Lipinski definition) is 2. The Morgan fingerprint density at radius 1 is 1.04 bits per heavy atom. The fourth-order valence-corrected chi connectivity index (χ4v) is 4.71. The van der Waals surface area contributed by atoms with Crippen LogP contribution in [0.25, 0.3) is 0 Å². The lowest BCUT2D eigenvalue weighted by Crippen LogP contribution is -2.51. The fourth-order valence-electron chi connectivity index (χ4n) is 3.01. The van der Waals surface area contributed by atoms with Crippen molar-refractivity contribution in [2.75, 3.05) is 6.61 Å². The molecule has 146 valence electrons. The highest BCUT2D eigenvalue weighted by Crippen LogP contribution is 2.25. The zero-order chi connectivity index (χ0) is 19.9. The summed E-state index contributed by atoms with van der Waals surface area (Å²) in [6.45, 7) is 3.56. The Bertz CT molecular complexity index is 859. The van der Waals surface area contributed by atoms with Crippen molar-refractivity contribution in [3.8, 4) is 0 Å². The van der Waals surface area contributed by atoms with Crippen LogP contribution in [0.3, 0.4) is 0 Å². The summed E-state index contributed by atoms with van der Waals surface area (Å²) in [5.41, 5.74) is -0.387. The van der Waals surface area contributed by atoms with Gasteiger partial charge in [0.15, 0.2) is 5.78 Å². The van der Waals surface area contributed by atoms with Crippen LogP contribution in [0.4, 0.5) is 0 Å². The van der Waals surface area contributed by atoms with E-state index in [2.05, 4.69) is 4.72 Å². The van der Waals surface area contributed by atoms with Crippen LogP contribution in [0.5, 0.6) is 0 Å². The van der Waals surface area contributed by atoms with Crippen LogP contribution in [0.2, 0.25) is 0 Å². The standard InChI is InChI=1S/C21H27NO4S/c1-3-5-15-21(4-2,16-23)22-27(25,26)19-14-10-9-13-18(19)20(24)17-11-7-6-8-12-17/h6-14,22-23H,3-5,15-16H2,1-2H3. The third-order valence-corrected chi connectivity index (χ3v) is 6.43. The number of unbranched alkanes of at least 4 members (excludes halogenated alkanes) is 1. The van der Waals surface area contributed by atoms with Gasteiger partial charge in [-0.3, -0.25) is 4.79 Å². The van der Waals surface area contributed by atoms with Gasteiger partial charge in [0, 0.05) is 11.1 Å². The molecule has 1 unspecified atom stereocenters. The number of carbonyl (C=O) groups is 1. The lowest BCUT2D eigenvalue weighted by molar-refractivity contribution is 0.103. The number of carbonyl (C=O) groups excluding carboxylic acids is 1. The van der Waals surface area contributed by atoms with Gasteiger partial charge in [0.25, 0.3) is 0 Å². The van der Waals surface area contributed by atoms with Gasteiger partial charge < -0.3 is 5.11 Å². The Hall–Kier alpha value is -2.02.